The van der Waals surface area contributed by atoms with Gasteiger partial charge in [0.2, 0.25) is 0 Å². The Labute approximate surface area is 118 Å². The molecule has 0 heterocycles. The third-order valence-corrected chi connectivity index (χ3v) is 2.99. The predicted molar refractivity (Wildman–Crippen MR) is 79.1 cm³/mol. The standard InChI is InChI=1S/C14H21N3O3/c1-4-9-16(10-5-2)14(18)11-7-6-8-12(15-3)13(11)17(19)20/h6-8,15H,4-5,9-10H2,1-3H3. The maximum atomic E-state index is 12.5. The van der Waals surface area contributed by atoms with Crippen molar-refractivity contribution < 1.29 is 9.72 Å². The molecule has 6 heteroatoms. The van der Waals surface area contributed by atoms with Crippen LogP contribution in [0, 0.1) is 10.1 Å². The van der Waals surface area contributed by atoms with Gasteiger partial charge in [0, 0.05) is 20.1 Å². The molecule has 1 amide bonds. The molecule has 0 bridgehead atoms. The number of carbonyl (C=O) groups is 1. The van der Waals surface area contributed by atoms with Gasteiger partial charge in [0.25, 0.3) is 5.91 Å². The monoisotopic (exact) mass is 279 g/mol. The van der Waals surface area contributed by atoms with E-state index in [1.54, 1.807) is 24.1 Å². The molecule has 0 fully saturated rings. The quantitative estimate of drug-likeness (QED) is 0.615. The van der Waals surface area contributed by atoms with Crippen LogP contribution in [0.4, 0.5) is 11.4 Å². The molecule has 0 radical (unpaired) electrons. The number of nitrogens with one attached hydrogen (secondary N) is 1. The van der Waals surface area contributed by atoms with E-state index in [0.29, 0.717) is 18.8 Å². The van der Waals surface area contributed by atoms with Crippen molar-refractivity contribution in [2.24, 2.45) is 0 Å². The number of benzene rings is 1. The highest BCUT2D eigenvalue weighted by atomic mass is 16.6. The smallest absolute Gasteiger partial charge is 0.305 e. The lowest BCUT2D eigenvalue weighted by atomic mass is 10.1. The second-order valence-corrected chi connectivity index (χ2v) is 4.50. The molecule has 0 saturated heterocycles. The maximum absolute atomic E-state index is 12.5. The fraction of sp³-hybridized carbons (Fsp3) is 0.500. The summed E-state index contributed by atoms with van der Waals surface area (Å²) in [6.45, 7) is 5.17. The van der Waals surface area contributed by atoms with Gasteiger partial charge in [0.05, 0.1) is 4.92 Å². The molecular formula is C14H21N3O3. The van der Waals surface area contributed by atoms with Gasteiger partial charge < -0.3 is 10.2 Å². The number of anilines is 1. The van der Waals surface area contributed by atoms with Crippen LogP contribution in [0.1, 0.15) is 37.0 Å². The van der Waals surface area contributed by atoms with Crippen molar-refractivity contribution in [3.8, 4) is 0 Å². The first-order valence-electron chi connectivity index (χ1n) is 6.81. The molecule has 1 aromatic carbocycles. The van der Waals surface area contributed by atoms with Crippen LogP contribution in [-0.2, 0) is 0 Å². The van der Waals surface area contributed by atoms with Crippen molar-refractivity contribution in [2.75, 3.05) is 25.5 Å². The van der Waals surface area contributed by atoms with Gasteiger partial charge >= 0.3 is 5.69 Å². The van der Waals surface area contributed by atoms with Gasteiger partial charge in [0.15, 0.2) is 0 Å². The number of hydrogen-bond acceptors (Lipinski definition) is 4. The van der Waals surface area contributed by atoms with E-state index in [1.807, 2.05) is 13.8 Å². The summed E-state index contributed by atoms with van der Waals surface area (Å²) in [5.74, 6) is -0.280. The first-order chi connectivity index (χ1) is 9.56. The summed E-state index contributed by atoms with van der Waals surface area (Å²) in [6.07, 6.45) is 1.65. The van der Waals surface area contributed by atoms with Crippen LogP contribution in [0.25, 0.3) is 0 Å². The molecular weight excluding hydrogens is 258 g/mol. The molecule has 20 heavy (non-hydrogen) atoms. The molecule has 0 atom stereocenters. The molecule has 0 saturated carbocycles. The summed E-state index contributed by atoms with van der Waals surface area (Å²) in [4.78, 5) is 24.9. The van der Waals surface area contributed by atoms with E-state index in [1.165, 1.54) is 6.07 Å². The highest BCUT2D eigenvalue weighted by Gasteiger charge is 2.26. The zero-order valence-electron chi connectivity index (χ0n) is 12.2. The van der Waals surface area contributed by atoms with Crippen LogP contribution >= 0.6 is 0 Å². The van der Waals surface area contributed by atoms with E-state index in [9.17, 15) is 14.9 Å². The van der Waals surface area contributed by atoms with E-state index in [4.69, 9.17) is 0 Å². The lowest BCUT2D eigenvalue weighted by Gasteiger charge is -2.21. The lowest BCUT2D eigenvalue weighted by molar-refractivity contribution is -0.384. The minimum Gasteiger partial charge on any atom is -0.383 e. The van der Waals surface area contributed by atoms with E-state index in [-0.39, 0.29) is 17.2 Å². The zero-order chi connectivity index (χ0) is 15.1. The molecule has 6 nitrogen and oxygen atoms in total. The number of rotatable bonds is 7. The lowest BCUT2D eigenvalue weighted by Crippen LogP contribution is -2.33. The van der Waals surface area contributed by atoms with Crippen molar-refractivity contribution in [2.45, 2.75) is 26.7 Å². The first kappa shape index (κ1) is 15.9. The Bertz CT molecular complexity index is 483. The van der Waals surface area contributed by atoms with Gasteiger partial charge in [-0.05, 0) is 25.0 Å². The topological polar surface area (TPSA) is 75.5 Å². The largest absolute Gasteiger partial charge is 0.383 e. The second kappa shape index (κ2) is 7.47. The number of nitro groups is 1. The number of hydrogen-bond donors (Lipinski definition) is 1. The molecule has 0 spiro atoms. The Morgan fingerprint density at radius 2 is 1.90 bits per heavy atom. The molecule has 0 unspecified atom stereocenters. The Kier molecular flexibility index (Phi) is 5.96. The van der Waals surface area contributed by atoms with Gasteiger partial charge in [-0.2, -0.15) is 0 Å². The van der Waals surface area contributed by atoms with Crippen molar-refractivity contribution in [3.05, 3.63) is 33.9 Å². The molecule has 1 rings (SSSR count). The van der Waals surface area contributed by atoms with E-state index in [0.717, 1.165) is 12.8 Å². The summed E-state index contributed by atoms with van der Waals surface area (Å²) in [6, 6.07) is 4.76. The first-order valence-corrected chi connectivity index (χ1v) is 6.81. The van der Waals surface area contributed by atoms with Crippen LogP contribution in [0.5, 0.6) is 0 Å². The van der Waals surface area contributed by atoms with E-state index >= 15 is 0 Å². The van der Waals surface area contributed by atoms with Gasteiger partial charge in [0.1, 0.15) is 11.3 Å². The average Bonchev–Trinajstić information content (AvgIpc) is 2.45. The highest BCUT2D eigenvalue weighted by molar-refractivity contribution is 6.00. The highest BCUT2D eigenvalue weighted by Crippen LogP contribution is 2.29. The van der Waals surface area contributed by atoms with Crippen molar-refractivity contribution >= 4 is 17.3 Å². The fourth-order valence-electron chi connectivity index (χ4n) is 2.14. The SMILES string of the molecule is CCCN(CCC)C(=O)c1cccc(NC)c1[N+](=O)[O-]. The second-order valence-electron chi connectivity index (χ2n) is 4.50. The summed E-state index contributed by atoms with van der Waals surface area (Å²) >= 11 is 0. The third-order valence-electron chi connectivity index (χ3n) is 2.99. The van der Waals surface area contributed by atoms with Crippen molar-refractivity contribution in [1.82, 2.24) is 4.90 Å². The Hall–Kier alpha value is -2.11. The summed E-state index contributed by atoms with van der Waals surface area (Å²) < 4.78 is 0. The fourth-order valence-corrected chi connectivity index (χ4v) is 2.14. The van der Waals surface area contributed by atoms with Crippen LogP contribution in [-0.4, -0.2) is 35.9 Å². The van der Waals surface area contributed by atoms with Crippen LogP contribution in [0.2, 0.25) is 0 Å². The normalized spacial score (nSPS) is 10.2. The predicted octanol–water partition coefficient (Wildman–Crippen LogP) is 2.90. The van der Waals surface area contributed by atoms with Crippen LogP contribution < -0.4 is 5.32 Å². The minimum absolute atomic E-state index is 0.142. The van der Waals surface area contributed by atoms with Gasteiger partial charge in [-0.3, -0.25) is 14.9 Å². The van der Waals surface area contributed by atoms with E-state index in [2.05, 4.69) is 5.32 Å². The summed E-state index contributed by atoms with van der Waals surface area (Å²) in [7, 11) is 1.60. The van der Waals surface area contributed by atoms with E-state index < -0.39 is 4.92 Å². The molecule has 110 valence electrons. The molecule has 1 aromatic rings. The Morgan fingerprint density at radius 1 is 1.30 bits per heavy atom. The number of nitro benzene ring substituents is 1. The summed E-state index contributed by atoms with van der Waals surface area (Å²) in [5, 5.41) is 14.0. The molecule has 0 aliphatic rings. The summed E-state index contributed by atoms with van der Waals surface area (Å²) in [5.41, 5.74) is 0.342. The third kappa shape index (κ3) is 3.46. The Morgan fingerprint density at radius 3 is 2.35 bits per heavy atom. The maximum Gasteiger partial charge on any atom is 0.305 e. The molecule has 1 N–H and O–H groups in total. The minimum atomic E-state index is -0.505. The number of nitrogens with zero attached hydrogens (tertiary/aromatic N) is 2. The average molecular weight is 279 g/mol. The van der Waals surface area contributed by atoms with Crippen molar-refractivity contribution in [1.29, 1.82) is 0 Å². The zero-order valence-corrected chi connectivity index (χ0v) is 12.2. The number of carbonyl (C=O) groups excluding carboxylic acids is 1. The van der Waals surface area contributed by atoms with Crippen molar-refractivity contribution in [3.63, 3.8) is 0 Å². The molecule has 0 aliphatic carbocycles. The van der Waals surface area contributed by atoms with Crippen LogP contribution in [0.3, 0.4) is 0 Å². The van der Waals surface area contributed by atoms with Gasteiger partial charge in [-0.15, -0.1) is 0 Å². The Balaban J connectivity index is 3.23. The molecule has 0 aromatic heterocycles. The van der Waals surface area contributed by atoms with Crippen LogP contribution in [0.15, 0.2) is 18.2 Å². The van der Waals surface area contributed by atoms with Gasteiger partial charge in [-0.1, -0.05) is 19.9 Å². The number of para-hydroxylation sites is 1. The molecule has 0 aliphatic heterocycles. The number of amides is 1. The van der Waals surface area contributed by atoms with Gasteiger partial charge in [-0.25, -0.2) is 0 Å².